The zero-order valence-corrected chi connectivity index (χ0v) is 10.9. The number of carbonyl (C=O) groups excluding carboxylic acids is 1. The van der Waals surface area contributed by atoms with E-state index in [9.17, 15) is 4.79 Å². The molecule has 0 fully saturated rings. The molecular weight excluding hydrogens is 295 g/mol. The number of carbonyl (C=O) groups is 1. The third kappa shape index (κ3) is 4.20. The van der Waals surface area contributed by atoms with Gasteiger partial charge in [-0.25, -0.2) is 4.79 Å². The summed E-state index contributed by atoms with van der Waals surface area (Å²) in [5.74, 6) is -0.647. The number of rotatable bonds is 4. The molecular formula is C10H10BrClN2O2. The van der Waals surface area contributed by atoms with Gasteiger partial charge in [-0.2, -0.15) is 5.10 Å². The molecule has 16 heavy (non-hydrogen) atoms. The van der Waals surface area contributed by atoms with Crippen molar-refractivity contribution in [2.75, 3.05) is 12.0 Å². The molecule has 0 spiro atoms. The number of halogens is 2. The summed E-state index contributed by atoms with van der Waals surface area (Å²) in [6, 6.07) is 7.31. The molecule has 0 aliphatic heterocycles. The maximum absolute atomic E-state index is 11.1. The molecule has 0 saturated heterocycles. The van der Waals surface area contributed by atoms with Gasteiger partial charge in [0.25, 0.3) is 0 Å². The zero-order valence-electron chi connectivity index (χ0n) is 8.54. The molecule has 0 aliphatic rings. The summed E-state index contributed by atoms with van der Waals surface area (Å²) in [5.41, 5.74) is 3.37. The van der Waals surface area contributed by atoms with Crippen LogP contribution in [0.4, 0.5) is 5.69 Å². The van der Waals surface area contributed by atoms with E-state index in [1.807, 2.05) is 12.1 Å². The van der Waals surface area contributed by atoms with Crippen LogP contribution >= 0.6 is 27.5 Å². The van der Waals surface area contributed by atoms with Crippen molar-refractivity contribution in [3.05, 3.63) is 28.7 Å². The Morgan fingerprint density at radius 3 is 3.00 bits per heavy atom. The average molecular weight is 306 g/mol. The summed E-state index contributed by atoms with van der Waals surface area (Å²) in [6.07, 6.45) is 0. The summed E-state index contributed by atoms with van der Waals surface area (Å²) in [4.78, 5) is 11.1. The largest absolute Gasteiger partial charge is 0.461 e. The van der Waals surface area contributed by atoms with Gasteiger partial charge in [0.1, 0.15) is 0 Å². The molecule has 0 saturated carbocycles. The van der Waals surface area contributed by atoms with Crippen LogP contribution in [0.15, 0.2) is 33.8 Å². The van der Waals surface area contributed by atoms with Crippen molar-refractivity contribution < 1.29 is 9.53 Å². The first kappa shape index (κ1) is 13.0. The molecule has 0 heterocycles. The Kier molecular flexibility index (Phi) is 5.28. The van der Waals surface area contributed by atoms with Crippen molar-refractivity contribution >= 4 is 44.4 Å². The van der Waals surface area contributed by atoms with E-state index in [1.54, 1.807) is 19.1 Å². The third-order valence-electron chi connectivity index (χ3n) is 1.55. The fourth-order valence-electron chi connectivity index (χ4n) is 0.908. The molecule has 0 amide bonds. The van der Waals surface area contributed by atoms with Gasteiger partial charge in [0.05, 0.1) is 12.3 Å². The van der Waals surface area contributed by atoms with Gasteiger partial charge in [0.15, 0.2) is 0 Å². The summed E-state index contributed by atoms with van der Waals surface area (Å²) in [6.45, 7) is 1.96. The number of hydrogen-bond donors (Lipinski definition) is 1. The molecule has 0 aliphatic carbocycles. The molecule has 1 N–H and O–H groups in total. The van der Waals surface area contributed by atoms with Gasteiger partial charge in [0.2, 0.25) is 5.17 Å². The Morgan fingerprint density at radius 2 is 2.38 bits per heavy atom. The average Bonchev–Trinajstić information content (AvgIpc) is 2.26. The van der Waals surface area contributed by atoms with E-state index in [1.165, 1.54) is 0 Å². The van der Waals surface area contributed by atoms with Crippen LogP contribution in [0.25, 0.3) is 0 Å². The van der Waals surface area contributed by atoms with Crippen molar-refractivity contribution in [2.24, 2.45) is 5.10 Å². The number of ether oxygens (including phenoxy) is 1. The lowest BCUT2D eigenvalue weighted by Crippen LogP contribution is -2.13. The van der Waals surface area contributed by atoms with Crippen LogP contribution in [0, 0.1) is 0 Å². The van der Waals surface area contributed by atoms with Crippen molar-refractivity contribution in [1.29, 1.82) is 0 Å². The highest BCUT2D eigenvalue weighted by molar-refractivity contribution is 9.10. The number of nitrogens with zero attached hydrogens (tertiary/aromatic N) is 1. The second kappa shape index (κ2) is 6.50. The second-order valence-corrected chi connectivity index (χ2v) is 4.02. The molecule has 1 aromatic carbocycles. The zero-order chi connectivity index (χ0) is 12.0. The first-order valence-corrected chi connectivity index (χ1v) is 5.72. The van der Waals surface area contributed by atoms with Crippen LogP contribution in [0.3, 0.4) is 0 Å². The van der Waals surface area contributed by atoms with Crippen LogP contribution in [-0.2, 0) is 9.53 Å². The number of hydrogen-bond acceptors (Lipinski definition) is 4. The third-order valence-corrected chi connectivity index (χ3v) is 2.28. The topological polar surface area (TPSA) is 50.7 Å². The van der Waals surface area contributed by atoms with E-state index in [4.69, 9.17) is 11.6 Å². The number of anilines is 1. The fraction of sp³-hybridized carbons (Fsp3) is 0.200. The van der Waals surface area contributed by atoms with Gasteiger partial charge >= 0.3 is 5.97 Å². The predicted molar refractivity (Wildman–Crippen MR) is 67.7 cm³/mol. The van der Waals surface area contributed by atoms with Gasteiger partial charge in [0, 0.05) is 4.47 Å². The summed E-state index contributed by atoms with van der Waals surface area (Å²) >= 11 is 8.91. The van der Waals surface area contributed by atoms with Gasteiger partial charge in [-0.3, -0.25) is 5.43 Å². The highest BCUT2D eigenvalue weighted by atomic mass is 79.9. The minimum absolute atomic E-state index is 0.234. The van der Waals surface area contributed by atoms with Crippen molar-refractivity contribution in [2.45, 2.75) is 6.92 Å². The van der Waals surface area contributed by atoms with Crippen LogP contribution in [0.5, 0.6) is 0 Å². The second-order valence-electron chi connectivity index (χ2n) is 2.75. The Hall–Kier alpha value is -1.07. The van der Waals surface area contributed by atoms with Crippen LogP contribution in [0.2, 0.25) is 0 Å². The highest BCUT2D eigenvalue weighted by Gasteiger charge is 2.08. The predicted octanol–water partition coefficient (Wildman–Crippen LogP) is 2.98. The van der Waals surface area contributed by atoms with E-state index in [0.29, 0.717) is 0 Å². The van der Waals surface area contributed by atoms with Gasteiger partial charge < -0.3 is 4.74 Å². The van der Waals surface area contributed by atoms with E-state index in [0.717, 1.165) is 10.2 Å². The van der Waals surface area contributed by atoms with E-state index >= 15 is 0 Å². The maximum Gasteiger partial charge on any atom is 0.370 e. The molecule has 4 nitrogen and oxygen atoms in total. The normalized spacial score (nSPS) is 11.1. The van der Waals surface area contributed by atoms with Gasteiger partial charge in [-0.1, -0.05) is 33.6 Å². The number of nitrogens with one attached hydrogen (secondary N) is 1. The van der Waals surface area contributed by atoms with Crippen molar-refractivity contribution in [1.82, 2.24) is 0 Å². The monoisotopic (exact) mass is 304 g/mol. The van der Waals surface area contributed by atoms with Gasteiger partial charge in [-0.15, -0.1) is 0 Å². The van der Waals surface area contributed by atoms with Gasteiger partial charge in [-0.05, 0) is 25.1 Å². The SMILES string of the molecule is CCOC(=O)/C(Cl)=N/Nc1cccc(Br)c1. The van der Waals surface area contributed by atoms with Crippen molar-refractivity contribution in [3.8, 4) is 0 Å². The lowest BCUT2D eigenvalue weighted by molar-refractivity contribution is -0.134. The van der Waals surface area contributed by atoms with Crippen LogP contribution < -0.4 is 5.43 Å². The first-order valence-electron chi connectivity index (χ1n) is 4.55. The summed E-state index contributed by atoms with van der Waals surface area (Å²) < 4.78 is 5.57. The highest BCUT2D eigenvalue weighted by Crippen LogP contribution is 2.15. The quantitative estimate of drug-likeness (QED) is 0.528. The standard InChI is InChI=1S/C10H10BrClN2O2/c1-2-16-10(15)9(12)14-13-8-5-3-4-7(11)6-8/h3-6,13H,2H2,1H3/b14-9-. The number of benzene rings is 1. The molecule has 0 bridgehead atoms. The summed E-state index contributed by atoms with van der Waals surface area (Å²) in [7, 11) is 0. The van der Waals surface area contributed by atoms with E-state index in [-0.39, 0.29) is 11.8 Å². The first-order chi connectivity index (χ1) is 7.63. The van der Waals surface area contributed by atoms with Crippen LogP contribution in [-0.4, -0.2) is 17.7 Å². The molecule has 0 unspecified atom stereocenters. The minimum Gasteiger partial charge on any atom is -0.461 e. The number of esters is 1. The molecule has 1 rings (SSSR count). The Balaban J connectivity index is 2.62. The molecule has 0 radical (unpaired) electrons. The lowest BCUT2D eigenvalue weighted by Gasteiger charge is -2.02. The van der Waals surface area contributed by atoms with E-state index < -0.39 is 5.97 Å². The molecule has 6 heteroatoms. The Morgan fingerprint density at radius 1 is 1.62 bits per heavy atom. The Labute approximate surface area is 107 Å². The smallest absolute Gasteiger partial charge is 0.370 e. The molecule has 1 aromatic rings. The number of hydrazone groups is 1. The molecule has 86 valence electrons. The molecule has 0 atom stereocenters. The fourth-order valence-corrected chi connectivity index (χ4v) is 1.40. The maximum atomic E-state index is 11.1. The molecule has 0 aromatic heterocycles. The van der Waals surface area contributed by atoms with Crippen molar-refractivity contribution in [3.63, 3.8) is 0 Å². The lowest BCUT2D eigenvalue weighted by atomic mass is 10.3. The van der Waals surface area contributed by atoms with Crippen LogP contribution in [0.1, 0.15) is 6.92 Å². The minimum atomic E-state index is -0.647. The van der Waals surface area contributed by atoms with E-state index in [2.05, 4.69) is 31.2 Å². The summed E-state index contributed by atoms with van der Waals surface area (Å²) in [5, 5.41) is 3.46. The Bertz CT molecular complexity index is 410.